The molecule has 0 fully saturated rings. The lowest BCUT2D eigenvalue weighted by Gasteiger charge is -2.02. The van der Waals surface area contributed by atoms with Gasteiger partial charge >= 0.3 is 5.97 Å². The first-order chi connectivity index (χ1) is 5.74. The van der Waals surface area contributed by atoms with Crippen LogP contribution in [0, 0.1) is 0 Å². The molecule has 0 aliphatic carbocycles. The van der Waals surface area contributed by atoms with Crippen LogP contribution in [0.1, 0.15) is 6.92 Å². The van der Waals surface area contributed by atoms with E-state index in [4.69, 9.17) is 0 Å². The van der Waals surface area contributed by atoms with Gasteiger partial charge < -0.3 is 4.74 Å². The molecule has 0 amide bonds. The minimum Gasteiger partial charge on any atom is -0.466 e. The van der Waals surface area contributed by atoms with Crippen molar-refractivity contribution in [3.63, 3.8) is 0 Å². The average molecular weight is 202 g/mol. The first-order valence-corrected chi connectivity index (χ1v) is 5.35. The lowest BCUT2D eigenvalue weighted by atomic mass is 10.3. The van der Waals surface area contributed by atoms with Gasteiger partial charge in [0.2, 0.25) is 0 Å². The van der Waals surface area contributed by atoms with Crippen molar-refractivity contribution in [2.24, 2.45) is 0 Å². The molecule has 0 unspecified atom stereocenters. The summed E-state index contributed by atoms with van der Waals surface area (Å²) in [6.45, 7) is 1.77. The van der Waals surface area contributed by atoms with E-state index in [0.717, 1.165) is 0 Å². The van der Waals surface area contributed by atoms with Crippen LogP contribution in [0.15, 0.2) is 22.5 Å². The summed E-state index contributed by atoms with van der Waals surface area (Å²) in [4.78, 5) is 11.0. The Bertz CT molecular complexity index is 225. The van der Waals surface area contributed by atoms with E-state index in [9.17, 15) is 4.79 Å². The molecule has 0 radical (unpaired) electrons. The zero-order chi connectivity index (χ0) is 8.97. The van der Waals surface area contributed by atoms with Crippen LogP contribution in [0.2, 0.25) is 0 Å². The van der Waals surface area contributed by atoms with E-state index in [-0.39, 0.29) is 5.97 Å². The molecule has 1 heterocycles. The quantitative estimate of drug-likeness (QED) is 0.507. The van der Waals surface area contributed by atoms with Crippen molar-refractivity contribution in [2.45, 2.75) is 11.5 Å². The number of rotatable bonds is 2. The maximum absolute atomic E-state index is 11.0. The maximum atomic E-state index is 11.0. The molecule has 1 aliphatic heterocycles. The Kier molecular flexibility index (Phi) is 3.75. The second-order valence-electron chi connectivity index (χ2n) is 2.25. The van der Waals surface area contributed by atoms with Crippen LogP contribution in [-0.2, 0) is 9.53 Å². The average Bonchev–Trinajstić information content (AvgIpc) is 2.55. The SMILES string of the molecule is COC(=O)C(C)=CC1SC=CS1. The largest absolute Gasteiger partial charge is 0.466 e. The van der Waals surface area contributed by atoms with Crippen LogP contribution in [0.3, 0.4) is 0 Å². The van der Waals surface area contributed by atoms with E-state index in [1.165, 1.54) is 7.11 Å². The number of hydrogen-bond acceptors (Lipinski definition) is 4. The van der Waals surface area contributed by atoms with Gasteiger partial charge in [-0.05, 0) is 17.7 Å². The van der Waals surface area contributed by atoms with Crippen molar-refractivity contribution < 1.29 is 9.53 Å². The first-order valence-electron chi connectivity index (χ1n) is 3.46. The van der Waals surface area contributed by atoms with E-state index in [1.54, 1.807) is 30.4 Å². The second-order valence-corrected chi connectivity index (χ2v) is 4.66. The molecule has 0 saturated heterocycles. The third kappa shape index (κ3) is 2.60. The smallest absolute Gasteiger partial charge is 0.333 e. The maximum Gasteiger partial charge on any atom is 0.333 e. The van der Waals surface area contributed by atoms with Crippen LogP contribution in [-0.4, -0.2) is 17.7 Å². The number of carbonyl (C=O) groups is 1. The highest BCUT2D eigenvalue weighted by Gasteiger charge is 2.11. The molecule has 4 heteroatoms. The molecule has 0 bridgehead atoms. The Morgan fingerprint density at radius 3 is 2.58 bits per heavy atom. The molecule has 66 valence electrons. The highest BCUT2D eigenvalue weighted by Crippen LogP contribution is 2.34. The van der Waals surface area contributed by atoms with Crippen LogP contribution in [0.5, 0.6) is 0 Å². The zero-order valence-corrected chi connectivity index (χ0v) is 8.58. The monoisotopic (exact) mass is 202 g/mol. The van der Waals surface area contributed by atoms with E-state index in [2.05, 4.69) is 4.74 Å². The van der Waals surface area contributed by atoms with Crippen LogP contribution in [0.4, 0.5) is 0 Å². The van der Waals surface area contributed by atoms with Gasteiger partial charge in [0.05, 0.1) is 11.7 Å². The summed E-state index contributed by atoms with van der Waals surface area (Å²) in [5, 5.41) is 4.05. The van der Waals surface area contributed by atoms with Crippen LogP contribution in [0.25, 0.3) is 0 Å². The van der Waals surface area contributed by atoms with Crippen LogP contribution < -0.4 is 0 Å². The predicted molar refractivity (Wildman–Crippen MR) is 53.9 cm³/mol. The van der Waals surface area contributed by atoms with Gasteiger partial charge in [-0.1, -0.05) is 6.08 Å². The lowest BCUT2D eigenvalue weighted by molar-refractivity contribution is -0.136. The van der Waals surface area contributed by atoms with Crippen molar-refractivity contribution in [3.05, 3.63) is 22.5 Å². The molecular weight excluding hydrogens is 192 g/mol. The zero-order valence-electron chi connectivity index (χ0n) is 6.94. The highest BCUT2D eigenvalue weighted by atomic mass is 32.2. The Labute approximate surface area is 80.4 Å². The number of ether oxygens (including phenoxy) is 1. The van der Waals surface area contributed by atoms with Gasteiger partial charge in [-0.25, -0.2) is 4.79 Å². The molecule has 0 aromatic carbocycles. The molecule has 0 atom stereocenters. The number of carbonyl (C=O) groups excluding carboxylic acids is 1. The van der Waals surface area contributed by atoms with E-state index < -0.39 is 0 Å². The molecule has 1 rings (SSSR count). The van der Waals surface area contributed by atoms with Crippen molar-refractivity contribution in [2.75, 3.05) is 7.11 Å². The fraction of sp³-hybridized carbons (Fsp3) is 0.375. The predicted octanol–water partition coefficient (Wildman–Crippen LogP) is 2.38. The molecule has 0 aromatic rings. The molecule has 1 aliphatic rings. The first kappa shape index (κ1) is 9.74. The summed E-state index contributed by atoms with van der Waals surface area (Å²) in [6, 6.07) is 0. The van der Waals surface area contributed by atoms with Crippen molar-refractivity contribution in [1.29, 1.82) is 0 Å². The number of hydrogen-bond donors (Lipinski definition) is 0. The second kappa shape index (κ2) is 4.62. The van der Waals surface area contributed by atoms with Gasteiger partial charge in [0, 0.05) is 5.57 Å². The molecule has 0 saturated carbocycles. The number of esters is 1. The molecule has 0 N–H and O–H groups in total. The summed E-state index contributed by atoms with van der Waals surface area (Å²) in [5.41, 5.74) is 0.672. The normalized spacial score (nSPS) is 18.3. The van der Waals surface area contributed by atoms with Gasteiger partial charge in [0.15, 0.2) is 0 Å². The summed E-state index contributed by atoms with van der Waals surface area (Å²) in [5.74, 6) is -0.247. The van der Waals surface area contributed by atoms with Gasteiger partial charge in [-0.3, -0.25) is 0 Å². The van der Waals surface area contributed by atoms with Crippen LogP contribution >= 0.6 is 23.5 Å². The fourth-order valence-electron chi connectivity index (χ4n) is 0.763. The van der Waals surface area contributed by atoms with Gasteiger partial charge in [-0.15, -0.1) is 23.5 Å². The van der Waals surface area contributed by atoms with Gasteiger partial charge in [-0.2, -0.15) is 0 Å². The molecular formula is C8H10O2S2. The minimum atomic E-state index is -0.247. The third-order valence-corrected chi connectivity index (χ3v) is 3.61. The van der Waals surface area contributed by atoms with E-state index in [0.29, 0.717) is 10.2 Å². The Balaban J connectivity index is 2.50. The van der Waals surface area contributed by atoms with Crippen molar-refractivity contribution >= 4 is 29.5 Å². The highest BCUT2D eigenvalue weighted by molar-refractivity contribution is 8.22. The molecule has 0 aromatic heterocycles. The molecule has 12 heavy (non-hydrogen) atoms. The van der Waals surface area contributed by atoms with E-state index >= 15 is 0 Å². The van der Waals surface area contributed by atoms with Crippen molar-refractivity contribution in [3.8, 4) is 0 Å². The minimum absolute atomic E-state index is 0.247. The number of methoxy groups -OCH3 is 1. The summed E-state index contributed by atoms with van der Waals surface area (Å²) >= 11 is 3.39. The Hall–Kier alpha value is -0.350. The fourth-order valence-corrected chi connectivity index (χ4v) is 2.79. The third-order valence-electron chi connectivity index (χ3n) is 1.37. The standard InChI is InChI=1S/C8H10O2S2/c1-6(8(9)10-2)5-7-11-3-4-12-7/h3-5,7H,1-2H3. The Morgan fingerprint density at radius 1 is 1.50 bits per heavy atom. The molecule has 0 spiro atoms. The topological polar surface area (TPSA) is 26.3 Å². The summed E-state index contributed by atoms with van der Waals surface area (Å²) < 4.78 is 4.91. The summed E-state index contributed by atoms with van der Waals surface area (Å²) in [7, 11) is 1.40. The molecule has 2 nitrogen and oxygen atoms in total. The van der Waals surface area contributed by atoms with Crippen molar-refractivity contribution in [1.82, 2.24) is 0 Å². The summed E-state index contributed by atoms with van der Waals surface area (Å²) in [6.07, 6.45) is 1.92. The van der Waals surface area contributed by atoms with Gasteiger partial charge in [0.1, 0.15) is 0 Å². The number of thioether (sulfide) groups is 2. The van der Waals surface area contributed by atoms with Gasteiger partial charge in [0.25, 0.3) is 0 Å². The Morgan fingerprint density at radius 2 is 2.08 bits per heavy atom. The lowest BCUT2D eigenvalue weighted by Crippen LogP contribution is -2.03. The van der Waals surface area contributed by atoms with E-state index in [1.807, 2.05) is 16.9 Å².